The topological polar surface area (TPSA) is 78.2 Å². The summed E-state index contributed by atoms with van der Waals surface area (Å²) in [5.41, 5.74) is 0. The van der Waals surface area contributed by atoms with Gasteiger partial charge < -0.3 is 5.11 Å². The van der Waals surface area contributed by atoms with Gasteiger partial charge in [-0.3, -0.25) is 9.59 Å². The molecule has 2 atom stereocenters. The summed E-state index contributed by atoms with van der Waals surface area (Å²) >= 11 is 0. The summed E-state index contributed by atoms with van der Waals surface area (Å²) < 4.78 is 0. The van der Waals surface area contributed by atoms with Gasteiger partial charge in [-0.15, -0.1) is 0 Å². The second-order valence-corrected chi connectivity index (χ2v) is 2.34. The van der Waals surface area contributed by atoms with Crippen molar-refractivity contribution >= 4 is 11.8 Å². The average Bonchev–Trinajstić information content (AvgIpc) is 1.85. The van der Waals surface area contributed by atoms with E-state index in [2.05, 4.69) is 0 Å². The summed E-state index contributed by atoms with van der Waals surface area (Å²) in [5.74, 6) is -3.65. The molecule has 0 radical (unpaired) electrons. The van der Waals surface area contributed by atoms with E-state index in [4.69, 9.17) is 10.4 Å². The maximum atomic E-state index is 10.7. The fourth-order valence-electron chi connectivity index (χ4n) is 0.814. The number of rotatable bonds is 3. The standard InChI is InChI=1S/C7H9NO3/c1-4(3-8)6(5(2)9)7(10)11/h4,6H,1-2H3,(H,10,11). The van der Waals surface area contributed by atoms with Crippen LogP contribution in [-0.2, 0) is 9.59 Å². The molecule has 4 heteroatoms. The number of nitriles is 1. The molecule has 2 unspecified atom stereocenters. The molecule has 11 heavy (non-hydrogen) atoms. The van der Waals surface area contributed by atoms with Crippen LogP contribution in [0.1, 0.15) is 13.8 Å². The summed E-state index contributed by atoms with van der Waals surface area (Å²) in [6, 6.07) is 1.73. The molecule has 0 aliphatic heterocycles. The summed E-state index contributed by atoms with van der Waals surface area (Å²) in [6.07, 6.45) is 0. The molecule has 0 spiro atoms. The van der Waals surface area contributed by atoms with Crippen molar-refractivity contribution in [1.82, 2.24) is 0 Å². The van der Waals surface area contributed by atoms with Crippen molar-refractivity contribution in [3.05, 3.63) is 0 Å². The first-order valence-electron chi connectivity index (χ1n) is 3.13. The Morgan fingerprint density at radius 2 is 2.00 bits per heavy atom. The Balaban J connectivity index is 4.50. The molecule has 0 heterocycles. The number of ketones is 1. The monoisotopic (exact) mass is 155 g/mol. The zero-order valence-corrected chi connectivity index (χ0v) is 6.37. The van der Waals surface area contributed by atoms with Gasteiger partial charge in [0, 0.05) is 0 Å². The minimum atomic E-state index is -1.23. The smallest absolute Gasteiger partial charge is 0.315 e. The molecule has 0 aliphatic rings. The number of nitrogens with zero attached hydrogens (tertiary/aromatic N) is 1. The lowest BCUT2D eigenvalue weighted by Gasteiger charge is -2.08. The molecule has 0 saturated heterocycles. The molecule has 0 amide bonds. The summed E-state index contributed by atoms with van der Waals surface area (Å²) in [5, 5.41) is 16.8. The number of Topliss-reactive ketones (excluding diaryl/α,β-unsaturated/α-hetero) is 1. The van der Waals surface area contributed by atoms with Gasteiger partial charge in [0.15, 0.2) is 0 Å². The van der Waals surface area contributed by atoms with Gasteiger partial charge in [0.25, 0.3) is 0 Å². The number of hydrogen-bond donors (Lipinski definition) is 1. The highest BCUT2D eigenvalue weighted by atomic mass is 16.4. The number of carboxylic acid groups (broad SMARTS) is 1. The number of hydrogen-bond acceptors (Lipinski definition) is 3. The number of carbonyl (C=O) groups is 2. The Bertz CT molecular complexity index is 202. The first-order valence-corrected chi connectivity index (χ1v) is 3.13. The van der Waals surface area contributed by atoms with Crippen LogP contribution in [0.15, 0.2) is 0 Å². The molecular formula is C7H9NO3. The van der Waals surface area contributed by atoms with Gasteiger partial charge in [-0.05, 0) is 13.8 Å². The Kier molecular flexibility index (Phi) is 3.25. The molecule has 60 valence electrons. The predicted molar refractivity (Wildman–Crippen MR) is 36.6 cm³/mol. The molecule has 0 saturated carbocycles. The average molecular weight is 155 g/mol. The molecule has 1 N–H and O–H groups in total. The number of carboxylic acids is 1. The largest absolute Gasteiger partial charge is 0.481 e. The lowest BCUT2D eigenvalue weighted by atomic mass is 9.92. The SMILES string of the molecule is CC(=O)C(C(=O)O)C(C)C#N. The van der Waals surface area contributed by atoms with Crippen molar-refractivity contribution in [3.63, 3.8) is 0 Å². The van der Waals surface area contributed by atoms with Crippen LogP contribution >= 0.6 is 0 Å². The maximum Gasteiger partial charge on any atom is 0.315 e. The van der Waals surface area contributed by atoms with Crippen LogP contribution in [-0.4, -0.2) is 16.9 Å². The third kappa shape index (κ3) is 2.38. The van der Waals surface area contributed by atoms with E-state index in [9.17, 15) is 9.59 Å². The van der Waals surface area contributed by atoms with Crippen molar-refractivity contribution in [1.29, 1.82) is 5.26 Å². The van der Waals surface area contributed by atoms with Crippen molar-refractivity contribution < 1.29 is 14.7 Å². The lowest BCUT2D eigenvalue weighted by Crippen LogP contribution is -2.27. The van der Waals surface area contributed by atoms with Gasteiger partial charge in [-0.25, -0.2) is 0 Å². The normalized spacial score (nSPS) is 14.6. The molecule has 0 aliphatic carbocycles. The van der Waals surface area contributed by atoms with E-state index in [-0.39, 0.29) is 0 Å². The maximum absolute atomic E-state index is 10.7. The quantitative estimate of drug-likeness (QED) is 0.599. The van der Waals surface area contributed by atoms with E-state index in [1.807, 2.05) is 0 Å². The van der Waals surface area contributed by atoms with Crippen LogP contribution in [0.4, 0.5) is 0 Å². The molecule has 0 fully saturated rings. The number of aliphatic carboxylic acids is 1. The van der Waals surface area contributed by atoms with E-state index in [0.29, 0.717) is 0 Å². The van der Waals surface area contributed by atoms with Gasteiger partial charge >= 0.3 is 5.97 Å². The van der Waals surface area contributed by atoms with E-state index in [1.165, 1.54) is 13.8 Å². The zero-order chi connectivity index (χ0) is 9.02. The van der Waals surface area contributed by atoms with Gasteiger partial charge in [-0.1, -0.05) is 0 Å². The Hall–Kier alpha value is -1.37. The molecule has 0 aromatic heterocycles. The van der Waals surface area contributed by atoms with E-state index in [1.54, 1.807) is 6.07 Å². The molecule has 0 rings (SSSR count). The third-order valence-electron chi connectivity index (χ3n) is 1.41. The first-order chi connectivity index (χ1) is 5.00. The van der Waals surface area contributed by atoms with Crippen LogP contribution in [0.25, 0.3) is 0 Å². The van der Waals surface area contributed by atoms with Crippen LogP contribution in [0.3, 0.4) is 0 Å². The molecule has 4 nitrogen and oxygen atoms in total. The fraction of sp³-hybridized carbons (Fsp3) is 0.571. The van der Waals surface area contributed by atoms with Crippen LogP contribution in [0.2, 0.25) is 0 Å². The van der Waals surface area contributed by atoms with Crippen molar-refractivity contribution in [2.24, 2.45) is 11.8 Å². The van der Waals surface area contributed by atoms with E-state index in [0.717, 1.165) is 0 Å². The Morgan fingerprint density at radius 1 is 1.55 bits per heavy atom. The van der Waals surface area contributed by atoms with Crippen LogP contribution in [0, 0.1) is 23.2 Å². The molecular weight excluding hydrogens is 146 g/mol. The highest BCUT2D eigenvalue weighted by molar-refractivity contribution is 5.97. The van der Waals surface area contributed by atoms with Crippen molar-refractivity contribution in [2.45, 2.75) is 13.8 Å². The van der Waals surface area contributed by atoms with Gasteiger partial charge in [0.1, 0.15) is 11.7 Å². The van der Waals surface area contributed by atoms with Gasteiger partial charge in [0.05, 0.1) is 12.0 Å². The van der Waals surface area contributed by atoms with Crippen molar-refractivity contribution in [2.75, 3.05) is 0 Å². The summed E-state index contributed by atoms with van der Waals surface area (Å²) in [7, 11) is 0. The Labute approximate surface area is 64.4 Å². The third-order valence-corrected chi connectivity index (χ3v) is 1.41. The molecule has 0 aromatic carbocycles. The minimum Gasteiger partial charge on any atom is -0.481 e. The second-order valence-electron chi connectivity index (χ2n) is 2.34. The Morgan fingerprint density at radius 3 is 2.09 bits per heavy atom. The molecule has 0 bridgehead atoms. The van der Waals surface area contributed by atoms with Crippen LogP contribution < -0.4 is 0 Å². The zero-order valence-electron chi connectivity index (χ0n) is 6.37. The van der Waals surface area contributed by atoms with Gasteiger partial charge in [-0.2, -0.15) is 5.26 Å². The summed E-state index contributed by atoms with van der Waals surface area (Å²) in [6.45, 7) is 2.59. The second kappa shape index (κ2) is 3.71. The van der Waals surface area contributed by atoms with E-state index >= 15 is 0 Å². The minimum absolute atomic E-state index is 0.480. The molecule has 0 aromatic rings. The predicted octanol–water partition coefficient (Wildman–Crippen LogP) is 0.436. The highest BCUT2D eigenvalue weighted by Crippen LogP contribution is 2.11. The highest BCUT2D eigenvalue weighted by Gasteiger charge is 2.28. The fourth-order valence-corrected chi connectivity index (χ4v) is 0.814. The first kappa shape index (κ1) is 9.63. The van der Waals surface area contributed by atoms with Crippen LogP contribution in [0.5, 0.6) is 0 Å². The van der Waals surface area contributed by atoms with Gasteiger partial charge in [0.2, 0.25) is 0 Å². The van der Waals surface area contributed by atoms with Crippen molar-refractivity contribution in [3.8, 4) is 6.07 Å². The van der Waals surface area contributed by atoms with E-state index < -0.39 is 23.6 Å². The number of carbonyl (C=O) groups excluding carboxylic acids is 1. The lowest BCUT2D eigenvalue weighted by molar-refractivity contribution is -0.146. The summed E-state index contributed by atoms with van der Waals surface area (Å²) in [4.78, 5) is 21.0.